The highest BCUT2D eigenvalue weighted by atomic mass is 35.5. The zero-order chi connectivity index (χ0) is 19.8. The molecular formula is C16H13Cl2N3O4S2. The number of nitrogens with zero attached hydrogens (tertiary/aromatic N) is 2. The Labute approximate surface area is 169 Å². The summed E-state index contributed by atoms with van der Waals surface area (Å²) in [5.74, 6) is -0.477. The van der Waals surface area contributed by atoms with Gasteiger partial charge < -0.3 is 4.42 Å². The first-order chi connectivity index (χ1) is 12.7. The third-order valence-corrected chi connectivity index (χ3v) is 7.22. The summed E-state index contributed by atoms with van der Waals surface area (Å²) in [6, 6.07) is 7.16. The zero-order valence-electron chi connectivity index (χ0n) is 14.1. The standard InChI is InChI=1S/C16H13Cl2N3O4S2/c1-8(2)27(23,24)10-5-3-4-9(6-10)14(22)19-16-21-20-15(25-16)11-7-12(17)26-13(11)18/h3-8H,1-2H3,(H,19,21,22). The predicted octanol–water partition coefficient (Wildman–Crippen LogP) is 4.54. The maximum atomic E-state index is 12.4. The highest BCUT2D eigenvalue weighted by molar-refractivity contribution is 7.92. The lowest BCUT2D eigenvalue weighted by Crippen LogP contribution is -2.16. The predicted molar refractivity (Wildman–Crippen MR) is 104 cm³/mol. The molecule has 0 bridgehead atoms. The third kappa shape index (κ3) is 4.16. The molecule has 0 aliphatic rings. The van der Waals surface area contributed by atoms with Crippen LogP contribution in [0.5, 0.6) is 0 Å². The molecule has 3 aromatic rings. The van der Waals surface area contributed by atoms with Crippen molar-refractivity contribution in [3.8, 4) is 11.5 Å². The SMILES string of the molecule is CC(C)S(=O)(=O)c1cccc(C(=O)Nc2nnc(-c3cc(Cl)sc3Cl)o2)c1. The number of benzene rings is 1. The fourth-order valence-electron chi connectivity index (χ4n) is 2.12. The van der Waals surface area contributed by atoms with Gasteiger partial charge in [0.25, 0.3) is 11.8 Å². The monoisotopic (exact) mass is 445 g/mol. The van der Waals surface area contributed by atoms with Gasteiger partial charge in [0.2, 0.25) is 0 Å². The quantitative estimate of drug-likeness (QED) is 0.618. The summed E-state index contributed by atoms with van der Waals surface area (Å²) < 4.78 is 30.8. The number of carbonyl (C=O) groups is 1. The Hall–Kier alpha value is -1.94. The number of hydrogen-bond acceptors (Lipinski definition) is 7. The average Bonchev–Trinajstić information content (AvgIpc) is 3.20. The second kappa shape index (κ2) is 7.59. The van der Waals surface area contributed by atoms with Crippen LogP contribution >= 0.6 is 34.5 Å². The molecule has 0 aliphatic heterocycles. The van der Waals surface area contributed by atoms with Crippen LogP contribution in [0.3, 0.4) is 0 Å². The molecule has 7 nitrogen and oxygen atoms in total. The zero-order valence-corrected chi connectivity index (χ0v) is 17.2. The molecule has 1 amide bonds. The summed E-state index contributed by atoms with van der Waals surface area (Å²) >= 11 is 13.1. The maximum Gasteiger partial charge on any atom is 0.322 e. The topological polar surface area (TPSA) is 102 Å². The molecule has 0 atom stereocenters. The molecule has 0 fully saturated rings. The molecule has 1 N–H and O–H groups in total. The van der Waals surface area contributed by atoms with Crippen LogP contribution in [0.4, 0.5) is 6.01 Å². The van der Waals surface area contributed by atoms with Crippen molar-refractivity contribution in [3.05, 3.63) is 44.6 Å². The van der Waals surface area contributed by atoms with Gasteiger partial charge in [-0.15, -0.1) is 16.4 Å². The van der Waals surface area contributed by atoms with E-state index in [1.165, 1.54) is 24.3 Å². The maximum absolute atomic E-state index is 12.4. The number of rotatable bonds is 5. The third-order valence-electron chi connectivity index (χ3n) is 3.58. The number of thiophene rings is 1. The van der Waals surface area contributed by atoms with Crippen LogP contribution in [-0.4, -0.2) is 29.8 Å². The van der Waals surface area contributed by atoms with Crippen molar-refractivity contribution in [3.63, 3.8) is 0 Å². The van der Waals surface area contributed by atoms with Crippen molar-refractivity contribution >= 4 is 56.3 Å². The summed E-state index contributed by atoms with van der Waals surface area (Å²) in [7, 11) is -3.50. The summed E-state index contributed by atoms with van der Waals surface area (Å²) in [5.41, 5.74) is 0.609. The van der Waals surface area contributed by atoms with Gasteiger partial charge in [-0.25, -0.2) is 8.42 Å². The minimum absolute atomic E-state index is 0.0658. The molecule has 3 rings (SSSR count). The van der Waals surface area contributed by atoms with Crippen molar-refractivity contribution < 1.29 is 17.6 Å². The molecule has 142 valence electrons. The largest absolute Gasteiger partial charge is 0.403 e. The van der Waals surface area contributed by atoms with E-state index in [0.717, 1.165) is 11.3 Å². The Balaban J connectivity index is 1.82. The van der Waals surface area contributed by atoms with Gasteiger partial charge in [-0.3, -0.25) is 10.1 Å². The first-order valence-electron chi connectivity index (χ1n) is 7.62. The van der Waals surface area contributed by atoms with E-state index < -0.39 is 21.0 Å². The molecule has 2 heterocycles. The Kier molecular flexibility index (Phi) is 5.57. The van der Waals surface area contributed by atoms with Gasteiger partial charge in [0, 0.05) is 5.56 Å². The van der Waals surface area contributed by atoms with E-state index in [0.29, 0.717) is 14.2 Å². The van der Waals surface area contributed by atoms with E-state index in [4.69, 9.17) is 27.6 Å². The van der Waals surface area contributed by atoms with Crippen LogP contribution in [0, 0.1) is 0 Å². The minimum Gasteiger partial charge on any atom is -0.403 e. The Morgan fingerprint density at radius 1 is 1.22 bits per heavy atom. The molecule has 0 spiro atoms. The van der Waals surface area contributed by atoms with Crippen LogP contribution in [0.2, 0.25) is 8.67 Å². The highest BCUT2D eigenvalue weighted by Crippen LogP contribution is 2.37. The van der Waals surface area contributed by atoms with E-state index >= 15 is 0 Å². The Morgan fingerprint density at radius 3 is 2.59 bits per heavy atom. The molecular weight excluding hydrogens is 433 g/mol. The molecule has 0 unspecified atom stereocenters. The number of carbonyl (C=O) groups excluding carboxylic acids is 1. The van der Waals surface area contributed by atoms with Gasteiger partial charge >= 0.3 is 6.01 Å². The van der Waals surface area contributed by atoms with Gasteiger partial charge in [0.15, 0.2) is 9.84 Å². The fraction of sp³-hybridized carbons (Fsp3) is 0.188. The van der Waals surface area contributed by atoms with Crippen LogP contribution in [0.1, 0.15) is 24.2 Å². The second-order valence-corrected chi connectivity index (χ2v) is 10.5. The summed E-state index contributed by atoms with van der Waals surface area (Å²) in [6.45, 7) is 3.15. The van der Waals surface area contributed by atoms with Crippen molar-refractivity contribution in [2.24, 2.45) is 0 Å². The van der Waals surface area contributed by atoms with Crippen LogP contribution in [0.15, 0.2) is 39.6 Å². The van der Waals surface area contributed by atoms with E-state index in [2.05, 4.69) is 15.5 Å². The molecule has 11 heteroatoms. The normalized spacial score (nSPS) is 11.7. The van der Waals surface area contributed by atoms with E-state index in [1.54, 1.807) is 19.9 Å². The van der Waals surface area contributed by atoms with E-state index in [1.807, 2.05) is 0 Å². The van der Waals surface area contributed by atoms with Crippen molar-refractivity contribution in [1.82, 2.24) is 10.2 Å². The Bertz CT molecular complexity index is 1110. The average molecular weight is 446 g/mol. The minimum atomic E-state index is -3.50. The smallest absolute Gasteiger partial charge is 0.322 e. The lowest BCUT2D eigenvalue weighted by Gasteiger charge is -2.09. The fourth-order valence-corrected chi connectivity index (χ4v) is 4.68. The lowest BCUT2D eigenvalue weighted by molar-refractivity contribution is 0.102. The molecule has 0 saturated heterocycles. The van der Waals surface area contributed by atoms with Crippen molar-refractivity contribution in [2.45, 2.75) is 24.0 Å². The van der Waals surface area contributed by atoms with Gasteiger partial charge in [0.1, 0.15) is 4.34 Å². The van der Waals surface area contributed by atoms with E-state index in [9.17, 15) is 13.2 Å². The van der Waals surface area contributed by atoms with Crippen LogP contribution in [0.25, 0.3) is 11.5 Å². The number of amides is 1. The number of aromatic nitrogens is 2. The summed E-state index contributed by atoms with van der Waals surface area (Å²) in [5, 5.41) is 9.40. The molecule has 0 saturated carbocycles. The first kappa shape index (κ1) is 19.8. The first-order valence-corrected chi connectivity index (χ1v) is 10.7. The van der Waals surface area contributed by atoms with Crippen LogP contribution < -0.4 is 5.32 Å². The van der Waals surface area contributed by atoms with Crippen LogP contribution in [-0.2, 0) is 9.84 Å². The van der Waals surface area contributed by atoms with Gasteiger partial charge in [0.05, 0.1) is 20.0 Å². The summed E-state index contributed by atoms with van der Waals surface area (Å²) in [6.07, 6.45) is 0. The van der Waals surface area contributed by atoms with Gasteiger partial charge in [-0.2, -0.15) is 0 Å². The molecule has 2 aromatic heterocycles. The lowest BCUT2D eigenvalue weighted by atomic mass is 10.2. The number of sulfone groups is 1. The number of halogens is 2. The Morgan fingerprint density at radius 2 is 1.96 bits per heavy atom. The highest BCUT2D eigenvalue weighted by Gasteiger charge is 2.21. The van der Waals surface area contributed by atoms with Gasteiger partial charge in [-0.05, 0) is 38.1 Å². The molecule has 27 heavy (non-hydrogen) atoms. The number of nitrogens with one attached hydrogen (secondary N) is 1. The number of anilines is 1. The summed E-state index contributed by atoms with van der Waals surface area (Å²) in [4.78, 5) is 12.5. The number of hydrogen-bond donors (Lipinski definition) is 1. The molecule has 1 aromatic carbocycles. The molecule has 0 aliphatic carbocycles. The second-order valence-electron chi connectivity index (χ2n) is 5.73. The van der Waals surface area contributed by atoms with Crippen molar-refractivity contribution in [2.75, 3.05) is 5.32 Å². The van der Waals surface area contributed by atoms with Gasteiger partial charge in [-0.1, -0.05) is 34.4 Å². The van der Waals surface area contributed by atoms with Crippen molar-refractivity contribution in [1.29, 1.82) is 0 Å². The molecule has 0 radical (unpaired) electrons. The van der Waals surface area contributed by atoms with E-state index in [-0.39, 0.29) is 22.4 Å².